The van der Waals surface area contributed by atoms with E-state index in [1.54, 1.807) is 21.3 Å². The van der Waals surface area contributed by atoms with Gasteiger partial charge >= 0.3 is 84.1 Å². The number of hydrogen-bond acceptors (Lipinski definition) is 3. The third-order valence-corrected chi connectivity index (χ3v) is 9.50. The standard InChI is InChI=1S/C6H5.3CH3O.Sn/c1-2-4-6-5-3-1;3*1-2;/h1-5H;3*1H3;/q;3*-1;+3. The molecular weight excluding hydrogens is 275 g/mol. The molecule has 0 bridgehead atoms. The molecule has 72 valence electrons. The van der Waals surface area contributed by atoms with Gasteiger partial charge in [0, 0.05) is 0 Å². The van der Waals surface area contributed by atoms with E-state index in [9.17, 15) is 0 Å². The van der Waals surface area contributed by atoms with Gasteiger partial charge in [-0.2, -0.15) is 0 Å². The number of hydrogen-bond donors (Lipinski definition) is 0. The van der Waals surface area contributed by atoms with E-state index >= 15 is 0 Å². The van der Waals surface area contributed by atoms with Gasteiger partial charge in [0.05, 0.1) is 0 Å². The molecule has 1 aromatic rings. The predicted octanol–water partition coefficient (Wildman–Crippen LogP) is 0.772. The van der Waals surface area contributed by atoms with Crippen molar-refractivity contribution < 1.29 is 9.22 Å². The Labute approximate surface area is 84.1 Å². The Bertz CT molecular complexity index is 238. The number of rotatable bonds is 4. The van der Waals surface area contributed by atoms with Gasteiger partial charge in [0.15, 0.2) is 0 Å². The quantitative estimate of drug-likeness (QED) is 0.766. The zero-order valence-corrected chi connectivity index (χ0v) is 11.0. The first-order valence-corrected chi connectivity index (χ1v) is 8.92. The summed E-state index contributed by atoms with van der Waals surface area (Å²) in [5, 5.41) is 0. The first-order valence-electron chi connectivity index (χ1n) is 4.00. The van der Waals surface area contributed by atoms with Gasteiger partial charge in [0.1, 0.15) is 0 Å². The summed E-state index contributed by atoms with van der Waals surface area (Å²) < 4.78 is 17.2. The van der Waals surface area contributed by atoms with Crippen LogP contribution in [0.3, 0.4) is 0 Å². The maximum absolute atomic E-state index is 5.39. The fraction of sp³-hybridized carbons (Fsp3) is 0.333. The third kappa shape index (κ3) is 2.22. The molecule has 4 heteroatoms. The van der Waals surface area contributed by atoms with E-state index < -0.39 is 19.6 Å². The summed E-state index contributed by atoms with van der Waals surface area (Å²) in [4.78, 5) is 0. The molecule has 0 saturated carbocycles. The van der Waals surface area contributed by atoms with Crippen molar-refractivity contribution in [3.05, 3.63) is 30.3 Å². The first kappa shape index (κ1) is 11.0. The van der Waals surface area contributed by atoms with Gasteiger partial charge in [-0.1, -0.05) is 0 Å². The molecule has 0 aliphatic carbocycles. The average molecular weight is 289 g/mol. The monoisotopic (exact) mass is 290 g/mol. The minimum absolute atomic E-state index is 1.05. The summed E-state index contributed by atoms with van der Waals surface area (Å²) in [5.41, 5.74) is 0. The van der Waals surface area contributed by atoms with E-state index in [4.69, 9.17) is 9.22 Å². The van der Waals surface area contributed by atoms with Crippen LogP contribution in [0, 0.1) is 0 Å². The van der Waals surface area contributed by atoms with Crippen LogP contribution in [0.4, 0.5) is 0 Å². The molecule has 0 unspecified atom stereocenters. The van der Waals surface area contributed by atoms with Gasteiger partial charge in [-0.25, -0.2) is 0 Å². The Morgan fingerprint density at radius 2 is 1.31 bits per heavy atom. The molecule has 0 aromatic heterocycles. The van der Waals surface area contributed by atoms with E-state index in [-0.39, 0.29) is 0 Å². The van der Waals surface area contributed by atoms with Crippen molar-refractivity contribution in [1.29, 1.82) is 0 Å². The average Bonchev–Trinajstić information content (AvgIpc) is 2.23. The van der Waals surface area contributed by atoms with E-state index in [1.165, 1.54) is 0 Å². The molecule has 0 amide bonds. The van der Waals surface area contributed by atoms with Crippen LogP contribution in [-0.2, 0) is 9.22 Å². The minimum atomic E-state index is -3.37. The van der Waals surface area contributed by atoms with Gasteiger partial charge in [-0.15, -0.1) is 0 Å². The fourth-order valence-electron chi connectivity index (χ4n) is 1.25. The molecule has 0 N–H and O–H groups in total. The molecule has 0 aliphatic rings. The summed E-state index contributed by atoms with van der Waals surface area (Å²) in [5.74, 6) is 0. The Hall–Kier alpha value is -0.101. The van der Waals surface area contributed by atoms with Gasteiger partial charge < -0.3 is 0 Å². The molecule has 0 atom stereocenters. The van der Waals surface area contributed by atoms with E-state index in [0.29, 0.717) is 0 Å². The van der Waals surface area contributed by atoms with E-state index in [1.807, 2.05) is 30.3 Å². The fourth-order valence-corrected chi connectivity index (χ4v) is 6.41. The second kappa shape index (κ2) is 4.95. The van der Waals surface area contributed by atoms with Crippen molar-refractivity contribution in [1.82, 2.24) is 0 Å². The van der Waals surface area contributed by atoms with Gasteiger partial charge in [-0.05, 0) is 0 Å². The van der Waals surface area contributed by atoms with Crippen LogP contribution < -0.4 is 3.58 Å². The second-order valence-electron chi connectivity index (χ2n) is 2.53. The van der Waals surface area contributed by atoms with Crippen molar-refractivity contribution in [3.63, 3.8) is 0 Å². The summed E-state index contributed by atoms with van der Waals surface area (Å²) in [7, 11) is 4.90. The van der Waals surface area contributed by atoms with E-state index in [0.717, 1.165) is 3.58 Å². The molecule has 0 saturated heterocycles. The van der Waals surface area contributed by atoms with Gasteiger partial charge in [0.25, 0.3) is 0 Å². The van der Waals surface area contributed by atoms with Crippen molar-refractivity contribution in [3.8, 4) is 0 Å². The first-order chi connectivity index (χ1) is 6.29. The summed E-state index contributed by atoms with van der Waals surface area (Å²) in [6.07, 6.45) is 0. The molecule has 0 radical (unpaired) electrons. The van der Waals surface area contributed by atoms with Gasteiger partial charge in [0.2, 0.25) is 0 Å². The number of benzene rings is 1. The zero-order chi connectivity index (χ0) is 9.73. The summed E-state index contributed by atoms with van der Waals surface area (Å²) in [6, 6.07) is 9.83. The van der Waals surface area contributed by atoms with Crippen LogP contribution in [0.5, 0.6) is 0 Å². The molecule has 3 nitrogen and oxygen atoms in total. The molecule has 0 aliphatic heterocycles. The Balaban J connectivity index is 3.01. The predicted molar refractivity (Wildman–Crippen MR) is 52.9 cm³/mol. The molecule has 0 spiro atoms. The Morgan fingerprint density at radius 1 is 0.846 bits per heavy atom. The maximum atomic E-state index is 5.39. The van der Waals surface area contributed by atoms with Crippen LogP contribution in [-0.4, -0.2) is 40.9 Å². The molecule has 0 fully saturated rings. The molecule has 0 heterocycles. The van der Waals surface area contributed by atoms with Crippen molar-refractivity contribution in [2.24, 2.45) is 0 Å². The van der Waals surface area contributed by atoms with Crippen LogP contribution in [0.2, 0.25) is 0 Å². The second-order valence-corrected chi connectivity index (χ2v) is 10.9. The summed E-state index contributed by atoms with van der Waals surface area (Å²) >= 11 is -3.37. The van der Waals surface area contributed by atoms with E-state index in [2.05, 4.69) is 0 Å². The zero-order valence-electron chi connectivity index (χ0n) is 8.11. The summed E-state index contributed by atoms with van der Waals surface area (Å²) in [6.45, 7) is 0. The molecule has 1 rings (SSSR count). The van der Waals surface area contributed by atoms with Gasteiger partial charge in [-0.3, -0.25) is 0 Å². The van der Waals surface area contributed by atoms with Crippen LogP contribution in [0.15, 0.2) is 30.3 Å². The molecule has 1 aromatic carbocycles. The van der Waals surface area contributed by atoms with Crippen LogP contribution in [0.25, 0.3) is 0 Å². The Kier molecular flexibility index (Phi) is 4.18. The SMILES string of the molecule is C[O][Sn]([O]C)([O]C)[c]1ccccc1. The van der Waals surface area contributed by atoms with Crippen molar-refractivity contribution in [2.45, 2.75) is 0 Å². The van der Waals surface area contributed by atoms with Crippen LogP contribution in [0.1, 0.15) is 0 Å². The Morgan fingerprint density at radius 3 is 1.69 bits per heavy atom. The molecule has 13 heavy (non-hydrogen) atoms. The van der Waals surface area contributed by atoms with Crippen LogP contribution >= 0.6 is 0 Å². The molecular formula is C9H14O3Sn. The normalized spacial score (nSPS) is 11.6. The third-order valence-electron chi connectivity index (χ3n) is 1.93. The van der Waals surface area contributed by atoms with Crippen molar-refractivity contribution in [2.75, 3.05) is 21.3 Å². The van der Waals surface area contributed by atoms with Crippen molar-refractivity contribution >= 4 is 23.2 Å². The topological polar surface area (TPSA) is 27.7 Å².